The van der Waals surface area contributed by atoms with Gasteiger partial charge in [0.2, 0.25) is 0 Å². The first-order chi connectivity index (χ1) is 16.1. The highest BCUT2D eigenvalue weighted by molar-refractivity contribution is 5.94. The fraction of sp³-hybridized carbons (Fsp3) is 0.148. The van der Waals surface area contributed by atoms with Gasteiger partial charge >= 0.3 is 0 Å². The van der Waals surface area contributed by atoms with Crippen molar-refractivity contribution < 1.29 is 9.53 Å². The van der Waals surface area contributed by atoms with Crippen molar-refractivity contribution in [1.29, 1.82) is 0 Å². The van der Waals surface area contributed by atoms with Crippen molar-refractivity contribution in [1.82, 2.24) is 15.6 Å². The molecule has 0 radical (unpaired) electrons. The van der Waals surface area contributed by atoms with Crippen LogP contribution in [0.5, 0.6) is 5.75 Å². The summed E-state index contributed by atoms with van der Waals surface area (Å²) in [6.07, 6.45) is 2.60. The molecule has 0 bridgehead atoms. The summed E-state index contributed by atoms with van der Waals surface area (Å²) in [5.74, 6) is 0.419. The van der Waals surface area contributed by atoms with Crippen LogP contribution in [-0.4, -0.2) is 22.3 Å². The smallest absolute Gasteiger partial charge is 0.289 e. The van der Waals surface area contributed by atoms with Gasteiger partial charge in [0.15, 0.2) is 0 Å². The highest BCUT2D eigenvalue weighted by atomic mass is 16.5. The standard InChI is InChI=1S/C27H26N4O2/c1-3-20-8-10-21(11-9-20)17-28-31-27(32)26-16-25(29-30-26)23-12-14-24(15-13-23)33-18-22-6-4-19(2)5-7-22/h4-17H,3,18H2,1-2H3,(H,29,30)(H,31,32)/b28-17+. The first kappa shape index (κ1) is 22.0. The number of aromatic nitrogens is 2. The van der Waals surface area contributed by atoms with Crippen molar-refractivity contribution in [2.75, 3.05) is 0 Å². The largest absolute Gasteiger partial charge is 0.489 e. The molecule has 0 unspecified atom stereocenters. The molecule has 6 heteroatoms. The van der Waals surface area contributed by atoms with Crippen LogP contribution in [0.1, 0.15) is 39.7 Å². The van der Waals surface area contributed by atoms with E-state index in [9.17, 15) is 4.79 Å². The molecule has 0 spiro atoms. The molecule has 4 rings (SSSR count). The number of carbonyl (C=O) groups is 1. The SMILES string of the molecule is CCc1ccc(/C=N/NC(=O)c2cc(-c3ccc(OCc4ccc(C)cc4)cc3)n[nH]2)cc1. The number of hydrogen-bond donors (Lipinski definition) is 2. The molecule has 0 saturated carbocycles. The first-order valence-corrected chi connectivity index (χ1v) is 10.9. The van der Waals surface area contributed by atoms with Gasteiger partial charge in [-0.3, -0.25) is 9.89 Å². The maximum Gasteiger partial charge on any atom is 0.289 e. The third-order valence-electron chi connectivity index (χ3n) is 5.27. The predicted octanol–water partition coefficient (Wildman–Crippen LogP) is 5.29. The summed E-state index contributed by atoms with van der Waals surface area (Å²) in [7, 11) is 0. The lowest BCUT2D eigenvalue weighted by molar-refractivity contribution is 0.0950. The second-order valence-corrected chi connectivity index (χ2v) is 7.76. The Labute approximate surface area is 193 Å². The number of nitrogens with one attached hydrogen (secondary N) is 2. The first-order valence-electron chi connectivity index (χ1n) is 10.9. The molecular formula is C27H26N4O2. The third kappa shape index (κ3) is 5.95. The summed E-state index contributed by atoms with van der Waals surface area (Å²) in [6.45, 7) is 4.68. The summed E-state index contributed by atoms with van der Waals surface area (Å²) < 4.78 is 5.85. The predicted molar refractivity (Wildman–Crippen MR) is 130 cm³/mol. The fourth-order valence-electron chi connectivity index (χ4n) is 3.22. The molecule has 0 aliphatic rings. The van der Waals surface area contributed by atoms with Crippen LogP contribution < -0.4 is 10.2 Å². The number of hydrogen-bond acceptors (Lipinski definition) is 4. The molecule has 33 heavy (non-hydrogen) atoms. The lowest BCUT2D eigenvalue weighted by Crippen LogP contribution is -2.17. The van der Waals surface area contributed by atoms with E-state index in [0.29, 0.717) is 18.0 Å². The molecule has 3 aromatic carbocycles. The van der Waals surface area contributed by atoms with Crippen LogP contribution in [0.4, 0.5) is 0 Å². The molecule has 0 saturated heterocycles. The molecule has 1 amide bonds. The maximum absolute atomic E-state index is 12.4. The van der Waals surface area contributed by atoms with Gasteiger partial charge in [-0.15, -0.1) is 0 Å². The number of benzene rings is 3. The molecule has 1 heterocycles. The summed E-state index contributed by atoms with van der Waals surface area (Å²) >= 11 is 0. The third-order valence-corrected chi connectivity index (χ3v) is 5.27. The number of aromatic amines is 1. The second kappa shape index (κ2) is 10.4. The van der Waals surface area contributed by atoms with E-state index >= 15 is 0 Å². The van der Waals surface area contributed by atoms with Crippen LogP contribution in [0, 0.1) is 6.92 Å². The second-order valence-electron chi connectivity index (χ2n) is 7.76. The average Bonchev–Trinajstić information content (AvgIpc) is 3.35. The Bertz CT molecular complexity index is 1220. The van der Waals surface area contributed by atoms with Crippen LogP contribution in [0.3, 0.4) is 0 Å². The van der Waals surface area contributed by atoms with Gasteiger partial charge in [-0.05, 0) is 60.4 Å². The van der Waals surface area contributed by atoms with Crippen molar-refractivity contribution in [2.24, 2.45) is 5.10 Å². The number of ether oxygens (including phenoxy) is 1. The van der Waals surface area contributed by atoms with E-state index in [1.165, 1.54) is 11.1 Å². The normalized spacial score (nSPS) is 11.0. The van der Waals surface area contributed by atoms with Crippen molar-refractivity contribution in [2.45, 2.75) is 26.9 Å². The molecule has 4 aromatic rings. The van der Waals surface area contributed by atoms with E-state index in [1.807, 2.05) is 48.5 Å². The average molecular weight is 439 g/mol. The van der Waals surface area contributed by atoms with Crippen LogP contribution >= 0.6 is 0 Å². The van der Waals surface area contributed by atoms with Crippen LogP contribution in [0.2, 0.25) is 0 Å². The molecular weight excluding hydrogens is 412 g/mol. The van der Waals surface area contributed by atoms with Crippen LogP contribution in [0.25, 0.3) is 11.3 Å². The number of aryl methyl sites for hydroxylation is 2. The lowest BCUT2D eigenvalue weighted by Gasteiger charge is -2.07. The molecule has 1 aromatic heterocycles. The number of rotatable bonds is 8. The molecule has 166 valence electrons. The van der Waals surface area contributed by atoms with E-state index in [0.717, 1.165) is 28.9 Å². The topological polar surface area (TPSA) is 79.4 Å². The minimum absolute atomic E-state index is 0.336. The summed E-state index contributed by atoms with van der Waals surface area (Å²) in [5, 5.41) is 11.0. The van der Waals surface area contributed by atoms with Crippen LogP contribution in [0.15, 0.2) is 84.0 Å². The molecule has 0 aliphatic carbocycles. The van der Waals surface area contributed by atoms with Gasteiger partial charge in [-0.1, -0.05) is 61.0 Å². The maximum atomic E-state index is 12.4. The zero-order chi connectivity index (χ0) is 23.0. The Morgan fingerprint density at radius 2 is 1.70 bits per heavy atom. The van der Waals surface area contributed by atoms with Crippen LogP contribution in [-0.2, 0) is 13.0 Å². The van der Waals surface area contributed by atoms with E-state index in [4.69, 9.17) is 4.74 Å². The van der Waals surface area contributed by atoms with Gasteiger partial charge < -0.3 is 4.74 Å². The Balaban J connectivity index is 1.32. The lowest BCUT2D eigenvalue weighted by atomic mass is 10.1. The summed E-state index contributed by atoms with van der Waals surface area (Å²) in [4.78, 5) is 12.4. The molecule has 6 nitrogen and oxygen atoms in total. The van der Waals surface area contributed by atoms with Gasteiger partial charge in [-0.2, -0.15) is 10.2 Å². The zero-order valence-corrected chi connectivity index (χ0v) is 18.7. The zero-order valence-electron chi connectivity index (χ0n) is 18.7. The highest BCUT2D eigenvalue weighted by Crippen LogP contribution is 2.22. The summed E-state index contributed by atoms with van der Waals surface area (Å²) in [6, 6.07) is 25.6. The molecule has 0 fully saturated rings. The quantitative estimate of drug-likeness (QED) is 0.290. The Kier molecular flexibility index (Phi) is 6.95. The van der Waals surface area contributed by atoms with E-state index in [2.05, 4.69) is 58.8 Å². The number of H-pyrrole nitrogens is 1. The van der Waals surface area contributed by atoms with Gasteiger partial charge in [0.25, 0.3) is 5.91 Å². The van der Waals surface area contributed by atoms with Crippen molar-refractivity contribution in [3.05, 3.63) is 107 Å². The van der Waals surface area contributed by atoms with Gasteiger partial charge in [-0.25, -0.2) is 5.43 Å². The molecule has 2 N–H and O–H groups in total. The number of carbonyl (C=O) groups excluding carboxylic acids is 1. The van der Waals surface area contributed by atoms with Gasteiger partial charge in [0, 0.05) is 5.56 Å². The highest BCUT2D eigenvalue weighted by Gasteiger charge is 2.10. The number of nitrogens with zero attached hydrogens (tertiary/aromatic N) is 2. The minimum atomic E-state index is -0.353. The fourth-order valence-corrected chi connectivity index (χ4v) is 3.22. The van der Waals surface area contributed by atoms with Crippen molar-refractivity contribution >= 4 is 12.1 Å². The summed E-state index contributed by atoms with van der Waals surface area (Å²) in [5.41, 5.74) is 8.93. The van der Waals surface area contributed by atoms with E-state index in [1.54, 1.807) is 12.3 Å². The minimum Gasteiger partial charge on any atom is -0.489 e. The van der Waals surface area contributed by atoms with Gasteiger partial charge in [0.05, 0.1) is 11.9 Å². The van der Waals surface area contributed by atoms with Gasteiger partial charge in [0.1, 0.15) is 18.1 Å². The Morgan fingerprint density at radius 1 is 1.00 bits per heavy atom. The van der Waals surface area contributed by atoms with E-state index in [-0.39, 0.29) is 5.91 Å². The number of amides is 1. The van der Waals surface area contributed by atoms with Crippen molar-refractivity contribution in [3.8, 4) is 17.0 Å². The van der Waals surface area contributed by atoms with E-state index < -0.39 is 0 Å². The number of hydrazone groups is 1. The Hall–Kier alpha value is -4.19. The monoisotopic (exact) mass is 438 g/mol. The van der Waals surface area contributed by atoms with Crippen molar-refractivity contribution in [3.63, 3.8) is 0 Å². The Morgan fingerprint density at radius 3 is 2.39 bits per heavy atom. The molecule has 0 aliphatic heterocycles. The molecule has 0 atom stereocenters.